The lowest BCUT2D eigenvalue weighted by Gasteiger charge is -2.19. The van der Waals surface area contributed by atoms with Gasteiger partial charge in [-0.3, -0.25) is 0 Å². The third-order valence-electron chi connectivity index (χ3n) is 4.51. The van der Waals surface area contributed by atoms with Gasteiger partial charge in [0.2, 0.25) is 0 Å². The van der Waals surface area contributed by atoms with E-state index in [1.54, 1.807) is 0 Å². The number of hydrogen-bond donors (Lipinski definition) is 2. The molecule has 0 radical (unpaired) electrons. The maximum absolute atomic E-state index is 9.84. The number of hydrogen-bond acceptors (Lipinski definition) is 3. The molecular formula is C17H25NO2. The molecular weight excluding hydrogens is 250 g/mol. The first kappa shape index (κ1) is 13.9. The molecule has 0 aromatic heterocycles. The van der Waals surface area contributed by atoms with E-state index in [0.717, 1.165) is 44.5 Å². The van der Waals surface area contributed by atoms with Crippen LogP contribution >= 0.6 is 0 Å². The summed E-state index contributed by atoms with van der Waals surface area (Å²) < 4.78 is 6.08. The first-order valence-electron chi connectivity index (χ1n) is 7.74. The van der Waals surface area contributed by atoms with E-state index in [9.17, 15) is 5.11 Å². The van der Waals surface area contributed by atoms with Crippen LogP contribution in [0.15, 0.2) is 18.2 Å². The van der Waals surface area contributed by atoms with Crippen molar-refractivity contribution in [1.82, 2.24) is 5.32 Å². The molecule has 0 bridgehead atoms. The van der Waals surface area contributed by atoms with Gasteiger partial charge in [-0.2, -0.15) is 0 Å². The van der Waals surface area contributed by atoms with Crippen LogP contribution in [0.2, 0.25) is 0 Å². The minimum Gasteiger partial charge on any atom is -0.487 e. The predicted molar refractivity (Wildman–Crippen MR) is 79.9 cm³/mol. The minimum atomic E-state index is -0.112. The molecule has 0 amide bonds. The van der Waals surface area contributed by atoms with Gasteiger partial charge in [-0.15, -0.1) is 0 Å². The van der Waals surface area contributed by atoms with E-state index in [1.165, 1.54) is 11.1 Å². The quantitative estimate of drug-likeness (QED) is 0.887. The summed E-state index contributed by atoms with van der Waals surface area (Å²) in [5.41, 5.74) is 2.47. The highest BCUT2D eigenvalue weighted by Crippen LogP contribution is 2.37. The summed E-state index contributed by atoms with van der Waals surface area (Å²) in [7, 11) is 0. The zero-order valence-corrected chi connectivity index (χ0v) is 12.5. The number of benzene rings is 1. The normalized spacial score (nSPS) is 27.4. The topological polar surface area (TPSA) is 41.5 Å². The van der Waals surface area contributed by atoms with Gasteiger partial charge in [0, 0.05) is 25.1 Å². The van der Waals surface area contributed by atoms with E-state index < -0.39 is 0 Å². The van der Waals surface area contributed by atoms with Crippen LogP contribution in [-0.4, -0.2) is 23.4 Å². The number of fused-ring (bicyclic) bond motifs is 1. The summed E-state index contributed by atoms with van der Waals surface area (Å²) in [6.07, 6.45) is 4.14. The Kier molecular flexibility index (Phi) is 3.74. The van der Waals surface area contributed by atoms with Gasteiger partial charge < -0.3 is 15.2 Å². The molecule has 0 spiro atoms. The molecule has 0 saturated heterocycles. The number of para-hydroxylation sites is 1. The number of ether oxygens (including phenoxy) is 1. The third-order valence-corrected chi connectivity index (χ3v) is 4.51. The average Bonchev–Trinajstić information content (AvgIpc) is 2.92. The van der Waals surface area contributed by atoms with Crippen LogP contribution in [0.1, 0.15) is 44.2 Å². The van der Waals surface area contributed by atoms with Crippen LogP contribution in [-0.2, 0) is 13.0 Å². The van der Waals surface area contributed by atoms with E-state index in [4.69, 9.17) is 4.74 Å². The van der Waals surface area contributed by atoms with Gasteiger partial charge in [0.25, 0.3) is 0 Å². The van der Waals surface area contributed by atoms with Crippen LogP contribution < -0.4 is 10.1 Å². The fourth-order valence-corrected chi connectivity index (χ4v) is 3.47. The molecule has 20 heavy (non-hydrogen) atoms. The number of aliphatic hydroxyl groups excluding tert-OH is 1. The molecule has 3 nitrogen and oxygen atoms in total. The van der Waals surface area contributed by atoms with Crippen molar-refractivity contribution in [2.75, 3.05) is 6.54 Å². The van der Waals surface area contributed by atoms with E-state index >= 15 is 0 Å². The minimum absolute atomic E-state index is 0.0833. The lowest BCUT2D eigenvalue weighted by molar-refractivity contribution is 0.130. The number of rotatable bonds is 4. The monoisotopic (exact) mass is 275 g/mol. The van der Waals surface area contributed by atoms with Gasteiger partial charge in [0.1, 0.15) is 11.4 Å². The van der Waals surface area contributed by atoms with Gasteiger partial charge >= 0.3 is 0 Å². The molecule has 3 rings (SSSR count). The molecule has 1 heterocycles. The fourth-order valence-electron chi connectivity index (χ4n) is 3.47. The molecule has 1 saturated carbocycles. The Labute approximate surface area is 121 Å². The molecule has 3 heteroatoms. The first-order chi connectivity index (χ1) is 9.55. The molecule has 2 aliphatic rings. The Morgan fingerprint density at radius 3 is 2.95 bits per heavy atom. The summed E-state index contributed by atoms with van der Waals surface area (Å²) in [6, 6.07) is 6.41. The highest BCUT2D eigenvalue weighted by atomic mass is 16.5. The smallest absolute Gasteiger partial charge is 0.127 e. The summed E-state index contributed by atoms with van der Waals surface area (Å²) >= 11 is 0. The highest BCUT2D eigenvalue weighted by Gasteiger charge is 2.31. The number of nitrogens with one attached hydrogen (secondary N) is 1. The number of aliphatic hydroxyl groups is 1. The standard InChI is InChI=1S/C17H25NO2/c1-17(2)9-12-5-3-7-14(16(12)20-17)11-18-10-13-6-4-8-15(13)19/h3,5,7,13,15,18-19H,4,6,8-11H2,1-2H3. The Morgan fingerprint density at radius 1 is 1.35 bits per heavy atom. The van der Waals surface area contributed by atoms with Crippen molar-refractivity contribution in [3.05, 3.63) is 29.3 Å². The summed E-state index contributed by atoms with van der Waals surface area (Å²) in [4.78, 5) is 0. The lowest BCUT2D eigenvalue weighted by atomic mass is 10.0. The molecule has 2 unspecified atom stereocenters. The van der Waals surface area contributed by atoms with Crippen LogP contribution in [0.3, 0.4) is 0 Å². The van der Waals surface area contributed by atoms with Gasteiger partial charge in [-0.1, -0.05) is 24.6 Å². The van der Waals surface area contributed by atoms with Gasteiger partial charge in [0.05, 0.1) is 6.10 Å². The van der Waals surface area contributed by atoms with E-state index in [0.29, 0.717) is 5.92 Å². The fraction of sp³-hybridized carbons (Fsp3) is 0.647. The average molecular weight is 275 g/mol. The molecule has 1 aliphatic carbocycles. The maximum Gasteiger partial charge on any atom is 0.127 e. The molecule has 1 aromatic carbocycles. The van der Waals surface area contributed by atoms with E-state index in [1.807, 2.05) is 0 Å². The zero-order valence-electron chi connectivity index (χ0n) is 12.5. The van der Waals surface area contributed by atoms with Gasteiger partial charge in [-0.25, -0.2) is 0 Å². The second kappa shape index (κ2) is 5.38. The van der Waals surface area contributed by atoms with Crippen molar-refractivity contribution in [2.45, 2.75) is 57.8 Å². The van der Waals surface area contributed by atoms with Crippen LogP contribution in [0, 0.1) is 5.92 Å². The van der Waals surface area contributed by atoms with Gasteiger partial charge in [0.15, 0.2) is 0 Å². The summed E-state index contributed by atoms with van der Waals surface area (Å²) in [5, 5.41) is 13.3. The van der Waals surface area contributed by atoms with Crippen molar-refractivity contribution in [3.8, 4) is 5.75 Å². The summed E-state index contributed by atoms with van der Waals surface area (Å²) in [5.74, 6) is 1.49. The van der Waals surface area contributed by atoms with Crippen molar-refractivity contribution in [1.29, 1.82) is 0 Å². The molecule has 2 N–H and O–H groups in total. The van der Waals surface area contributed by atoms with Crippen LogP contribution in [0.4, 0.5) is 0 Å². The lowest BCUT2D eigenvalue weighted by Crippen LogP contribution is -2.28. The van der Waals surface area contributed by atoms with Crippen molar-refractivity contribution >= 4 is 0 Å². The van der Waals surface area contributed by atoms with Crippen molar-refractivity contribution in [2.24, 2.45) is 5.92 Å². The molecule has 1 aliphatic heterocycles. The largest absolute Gasteiger partial charge is 0.487 e. The predicted octanol–water partition coefficient (Wildman–Crippen LogP) is 2.65. The van der Waals surface area contributed by atoms with Crippen molar-refractivity contribution < 1.29 is 9.84 Å². The Morgan fingerprint density at radius 2 is 2.20 bits per heavy atom. The molecule has 2 atom stereocenters. The van der Waals surface area contributed by atoms with Crippen molar-refractivity contribution in [3.63, 3.8) is 0 Å². The molecule has 1 fully saturated rings. The Hall–Kier alpha value is -1.06. The zero-order chi connectivity index (χ0) is 14.2. The second-order valence-electron chi connectivity index (χ2n) is 6.83. The maximum atomic E-state index is 9.84. The first-order valence-corrected chi connectivity index (χ1v) is 7.74. The van der Waals surface area contributed by atoms with Crippen LogP contribution in [0.25, 0.3) is 0 Å². The Balaban J connectivity index is 1.60. The summed E-state index contributed by atoms with van der Waals surface area (Å²) in [6.45, 7) is 5.99. The Bertz CT molecular complexity index is 484. The highest BCUT2D eigenvalue weighted by molar-refractivity contribution is 5.45. The van der Waals surface area contributed by atoms with E-state index in [-0.39, 0.29) is 11.7 Å². The van der Waals surface area contributed by atoms with E-state index in [2.05, 4.69) is 37.4 Å². The molecule has 1 aromatic rings. The SMILES string of the molecule is CC1(C)Cc2cccc(CNCC3CCCC3O)c2O1. The molecule has 110 valence electrons. The third kappa shape index (κ3) is 2.84. The van der Waals surface area contributed by atoms with Gasteiger partial charge in [-0.05, 0) is 38.2 Å². The van der Waals surface area contributed by atoms with Crippen LogP contribution in [0.5, 0.6) is 5.75 Å². The second-order valence-corrected chi connectivity index (χ2v) is 6.83.